The van der Waals surface area contributed by atoms with Crippen molar-refractivity contribution in [3.05, 3.63) is 0 Å². The molecule has 0 amide bonds. The third-order valence-electron chi connectivity index (χ3n) is 4.65. The van der Waals surface area contributed by atoms with Crippen molar-refractivity contribution in [2.45, 2.75) is 50.7 Å². The smallest absolute Gasteiger partial charge is 0.356 e. The molecule has 1 aliphatic heterocycles. The van der Waals surface area contributed by atoms with Crippen LogP contribution in [0.15, 0.2) is 4.99 Å². The summed E-state index contributed by atoms with van der Waals surface area (Å²) >= 11 is 2.00. The zero-order chi connectivity index (χ0) is 16.0. The summed E-state index contributed by atoms with van der Waals surface area (Å²) < 4.78 is 38.0. The van der Waals surface area contributed by atoms with Crippen LogP contribution in [-0.2, 0) is 0 Å². The largest absolute Gasteiger partial charge is 0.391 e. The Labute approximate surface area is 158 Å². The number of aliphatic imine (C=N–C) groups is 1. The van der Waals surface area contributed by atoms with Crippen molar-refractivity contribution in [2.24, 2.45) is 16.8 Å². The lowest BCUT2D eigenvalue weighted by atomic mass is 9.85. The molecule has 0 aromatic heterocycles. The Bertz CT molecular complexity index is 365. The topological polar surface area (TPSA) is 36.4 Å². The molecular weight excluding hydrogens is 438 g/mol. The Balaban J connectivity index is 0.00000264. The van der Waals surface area contributed by atoms with Gasteiger partial charge < -0.3 is 10.6 Å². The van der Waals surface area contributed by atoms with Gasteiger partial charge in [-0.25, -0.2) is 0 Å². The van der Waals surface area contributed by atoms with E-state index in [0.717, 1.165) is 12.5 Å². The van der Waals surface area contributed by atoms with Crippen molar-refractivity contribution < 1.29 is 13.2 Å². The van der Waals surface area contributed by atoms with Crippen molar-refractivity contribution in [1.82, 2.24) is 10.6 Å². The first-order valence-electron chi connectivity index (χ1n) is 8.10. The molecule has 0 aromatic carbocycles. The highest BCUT2D eigenvalue weighted by Gasteiger charge is 2.41. The van der Waals surface area contributed by atoms with E-state index in [2.05, 4.69) is 15.6 Å². The Morgan fingerprint density at radius 2 is 1.70 bits per heavy atom. The van der Waals surface area contributed by atoms with Crippen LogP contribution in [0.3, 0.4) is 0 Å². The molecule has 136 valence electrons. The van der Waals surface area contributed by atoms with Gasteiger partial charge in [0.05, 0.1) is 5.92 Å². The number of nitrogens with one attached hydrogen (secondary N) is 2. The Hall–Kier alpha value is 0.140. The van der Waals surface area contributed by atoms with Gasteiger partial charge >= 0.3 is 6.18 Å². The summed E-state index contributed by atoms with van der Waals surface area (Å²) in [5, 5.41) is 6.62. The molecule has 3 nitrogen and oxygen atoms in total. The number of alkyl halides is 3. The van der Waals surface area contributed by atoms with Crippen LogP contribution in [0.1, 0.15) is 38.5 Å². The SMILES string of the molecule is CN=C(NCC1CCSCC1)NC1CCC(C(F)(F)F)CC1.I. The molecule has 1 aliphatic carbocycles. The minimum atomic E-state index is -4.04. The Morgan fingerprint density at radius 3 is 2.22 bits per heavy atom. The van der Waals surface area contributed by atoms with Crippen LogP contribution >= 0.6 is 35.7 Å². The van der Waals surface area contributed by atoms with Crippen LogP contribution in [0.25, 0.3) is 0 Å². The van der Waals surface area contributed by atoms with Crippen LogP contribution < -0.4 is 10.6 Å². The standard InChI is InChI=1S/C15H26F3N3S.HI/c1-19-14(20-10-11-6-8-22-9-7-11)21-13-4-2-12(3-5-13)15(16,17)18;/h11-13H,2-10H2,1H3,(H2,19,20,21);1H. The van der Waals surface area contributed by atoms with E-state index >= 15 is 0 Å². The van der Waals surface area contributed by atoms with Crippen LogP contribution in [0.2, 0.25) is 0 Å². The van der Waals surface area contributed by atoms with Crippen LogP contribution in [0.4, 0.5) is 13.2 Å². The highest BCUT2D eigenvalue weighted by Crippen LogP contribution is 2.37. The third kappa shape index (κ3) is 7.27. The highest BCUT2D eigenvalue weighted by atomic mass is 127. The number of rotatable bonds is 3. The molecule has 1 heterocycles. The summed E-state index contributed by atoms with van der Waals surface area (Å²) in [5.74, 6) is 2.73. The van der Waals surface area contributed by atoms with Gasteiger partial charge in [-0.15, -0.1) is 24.0 Å². The maximum absolute atomic E-state index is 12.7. The van der Waals surface area contributed by atoms with Crippen LogP contribution in [-0.4, -0.2) is 43.3 Å². The van der Waals surface area contributed by atoms with E-state index in [4.69, 9.17) is 0 Å². The van der Waals surface area contributed by atoms with Gasteiger partial charge in [0, 0.05) is 19.6 Å². The summed E-state index contributed by atoms with van der Waals surface area (Å²) in [4.78, 5) is 4.20. The van der Waals surface area contributed by atoms with E-state index in [1.807, 2.05) is 11.8 Å². The second kappa shape index (κ2) is 10.2. The Morgan fingerprint density at radius 1 is 1.09 bits per heavy atom. The van der Waals surface area contributed by atoms with E-state index in [1.165, 1.54) is 24.3 Å². The maximum atomic E-state index is 12.7. The molecule has 2 N–H and O–H groups in total. The van der Waals surface area contributed by atoms with Crippen LogP contribution in [0.5, 0.6) is 0 Å². The molecule has 0 bridgehead atoms. The maximum Gasteiger partial charge on any atom is 0.391 e. The normalized spacial score (nSPS) is 27.2. The number of hydrogen-bond acceptors (Lipinski definition) is 2. The van der Waals surface area contributed by atoms with Gasteiger partial charge in [0.25, 0.3) is 0 Å². The monoisotopic (exact) mass is 465 g/mol. The predicted molar refractivity (Wildman–Crippen MR) is 102 cm³/mol. The quantitative estimate of drug-likeness (QED) is 0.376. The minimum absolute atomic E-state index is 0. The van der Waals surface area contributed by atoms with Gasteiger partial charge in [-0.1, -0.05) is 0 Å². The lowest BCUT2D eigenvalue weighted by Gasteiger charge is -2.31. The fourth-order valence-corrected chi connectivity index (χ4v) is 4.35. The highest BCUT2D eigenvalue weighted by molar-refractivity contribution is 14.0. The molecule has 0 aromatic rings. The average Bonchev–Trinajstić information content (AvgIpc) is 2.52. The van der Waals surface area contributed by atoms with E-state index in [-0.39, 0.29) is 42.9 Å². The van der Waals surface area contributed by atoms with E-state index in [9.17, 15) is 13.2 Å². The van der Waals surface area contributed by atoms with E-state index in [0.29, 0.717) is 18.8 Å². The number of hydrogen-bond donors (Lipinski definition) is 2. The molecule has 0 radical (unpaired) electrons. The van der Waals surface area contributed by atoms with Gasteiger partial charge in [-0.3, -0.25) is 4.99 Å². The molecule has 2 rings (SSSR count). The van der Waals surface area contributed by atoms with Gasteiger partial charge in [0.1, 0.15) is 0 Å². The van der Waals surface area contributed by atoms with E-state index in [1.54, 1.807) is 7.05 Å². The first kappa shape index (κ1) is 21.2. The van der Waals surface area contributed by atoms with Gasteiger partial charge in [0.15, 0.2) is 5.96 Å². The third-order valence-corrected chi connectivity index (χ3v) is 5.70. The molecule has 0 atom stereocenters. The summed E-state index contributed by atoms with van der Waals surface area (Å²) in [6.45, 7) is 0.901. The first-order chi connectivity index (χ1) is 10.5. The lowest BCUT2D eigenvalue weighted by molar-refractivity contribution is -0.182. The molecule has 1 saturated heterocycles. The average molecular weight is 465 g/mol. The fourth-order valence-electron chi connectivity index (χ4n) is 3.14. The number of thioether (sulfide) groups is 1. The second-order valence-electron chi connectivity index (χ2n) is 6.24. The van der Waals surface area contributed by atoms with E-state index < -0.39 is 12.1 Å². The summed E-state index contributed by atoms with van der Waals surface area (Å²) in [6, 6.07) is 0.103. The minimum Gasteiger partial charge on any atom is -0.356 e. The zero-order valence-corrected chi connectivity index (χ0v) is 16.6. The van der Waals surface area contributed by atoms with Gasteiger partial charge in [-0.05, 0) is 55.9 Å². The summed E-state index contributed by atoms with van der Waals surface area (Å²) in [6.07, 6.45) is -0.0213. The van der Waals surface area contributed by atoms with Gasteiger partial charge in [-0.2, -0.15) is 24.9 Å². The molecule has 2 aliphatic rings. The molecule has 0 spiro atoms. The Kier molecular flexibility index (Phi) is 9.40. The summed E-state index contributed by atoms with van der Waals surface area (Å²) in [7, 11) is 1.72. The summed E-state index contributed by atoms with van der Waals surface area (Å²) in [5.41, 5.74) is 0. The van der Waals surface area contributed by atoms with Crippen molar-refractivity contribution in [1.29, 1.82) is 0 Å². The van der Waals surface area contributed by atoms with Gasteiger partial charge in [0.2, 0.25) is 0 Å². The number of guanidine groups is 1. The van der Waals surface area contributed by atoms with Crippen molar-refractivity contribution in [3.63, 3.8) is 0 Å². The molecule has 1 saturated carbocycles. The van der Waals surface area contributed by atoms with Crippen LogP contribution in [0, 0.1) is 11.8 Å². The zero-order valence-electron chi connectivity index (χ0n) is 13.5. The van der Waals surface area contributed by atoms with Crippen molar-refractivity contribution >= 4 is 41.7 Å². The van der Waals surface area contributed by atoms with Crippen molar-refractivity contribution in [2.75, 3.05) is 25.1 Å². The molecule has 8 heteroatoms. The predicted octanol–water partition coefficient (Wildman–Crippen LogP) is 4.03. The van der Waals surface area contributed by atoms with Crippen molar-refractivity contribution in [3.8, 4) is 0 Å². The fraction of sp³-hybridized carbons (Fsp3) is 0.933. The first-order valence-corrected chi connectivity index (χ1v) is 9.26. The molecule has 23 heavy (non-hydrogen) atoms. The number of nitrogens with zero attached hydrogens (tertiary/aromatic N) is 1. The number of halogens is 4. The molecular formula is C15H27F3IN3S. The molecule has 0 unspecified atom stereocenters. The second-order valence-corrected chi connectivity index (χ2v) is 7.47. The molecule has 2 fully saturated rings. The lowest BCUT2D eigenvalue weighted by Crippen LogP contribution is -2.47.